The van der Waals surface area contributed by atoms with Crippen LogP contribution in [-0.4, -0.2) is 52.0 Å². The monoisotopic (exact) mass is 472 g/mol. The number of aryl methyl sites for hydroxylation is 1. The smallest absolute Gasteiger partial charge is 0.277 e. The number of rotatable bonds is 5. The molecule has 9 nitrogen and oxygen atoms in total. The van der Waals surface area contributed by atoms with Gasteiger partial charge in [0.25, 0.3) is 5.91 Å². The first-order valence-electron chi connectivity index (χ1n) is 12.2. The van der Waals surface area contributed by atoms with Gasteiger partial charge in [-0.05, 0) is 44.0 Å². The molecule has 1 saturated heterocycles. The molecule has 3 aromatic heterocycles. The molecule has 0 atom stereocenters. The summed E-state index contributed by atoms with van der Waals surface area (Å²) in [6.45, 7) is 4.72. The fourth-order valence-corrected chi connectivity index (χ4v) is 4.98. The van der Waals surface area contributed by atoms with Crippen molar-refractivity contribution in [2.75, 3.05) is 36.5 Å². The first-order valence-corrected chi connectivity index (χ1v) is 12.2. The highest BCUT2D eigenvalue weighted by atomic mass is 16.5. The molecule has 0 unspecified atom stereocenters. The molecular weight excluding hydrogens is 444 g/mol. The maximum Gasteiger partial charge on any atom is 0.277 e. The van der Waals surface area contributed by atoms with Gasteiger partial charge in [-0.2, -0.15) is 5.10 Å². The average molecular weight is 473 g/mol. The molecule has 1 aliphatic heterocycles. The number of carbonyl (C=O) groups is 1. The Morgan fingerprint density at radius 1 is 1.14 bits per heavy atom. The lowest BCUT2D eigenvalue weighted by molar-refractivity contribution is 0.102. The number of hydrogen-bond acceptors (Lipinski definition) is 7. The molecule has 2 fully saturated rings. The minimum atomic E-state index is -0.317. The van der Waals surface area contributed by atoms with E-state index in [0.717, 1.165) is 46.6 Å². The first-order chi connectivity index (χ1) is 17.1. The zero-order valence-electron chi connectivity index (χ0n) is 19.7. The van der Waals surface area contributed by atoms with E-state index < -0.39 is 0 Å². The van der Waals surface area contributed by atoms with Gasteiger partial charge in [0, 0.05) is 42.1 Å². The summed E-state index contributed by atoms with van der Waals surface area (Å²) in [5, 5.41) is 8.98. The van der Waals surface area contributed by atoms with E-state index in [-0.39, 0.29) is 11.6 Å². The predicted octanol–water partition coefficient (Wildman–Crippen LogP) is 4.60. The third kappa shape index (κ3) is 4.39. The standard InChI is InChI=1S/C26H28N6O3/c1-17-12-18(6-7-27-17)26-29-23(16-35-26)25(33)28-22-13-19-15-32(20-4-2-3-5-20)30-21(19)14-24(22)31-8-10-34-11-9-31/h6-7,12-16,20H,2-5,8-11H2,1H3,(H,28,33). The number of hydrogen-bond donors (Lipinski definition) is 1. The molecule has 0 radical (unpaired) electrons. The summed E-state index contributed by atoms with van der Waals surface area (Å²) in [6.07, 6.45) is 10.0. The minimum absolute atomic E-state index is 0.226. The number of oxazole rings is 1. The summed E-state index contributed by atoms with van der Waals surface area (Å²) < 4.78 is 13.3. The largest absolute Gasteiger partial charge is 0.444 e. The number of anilines is 2. The number of fused-ring (bicyclic) bond motifs is 1. The van der Waals surface area contributed by atoms with Gasteiger partial charge in [0.1, 0.15) is 6.26 Å². The van der Waals surface area contributed by atoms with Crippen molar-refractivity contribution in [3.63, 3.8) is 0 Å². The maximum atomic E-state index is 13.2. The summed E-state index contributed by atoms with van der Waals surface area (Å²) in [4.78, 5) is 24.1. The van der Waals surface area contributed by atoms with Gasteiger partial charge in [-0.25, -0.2) is 4.98 Å². The lowest BCUT2D eigenvalue weighted by atomic mass is 10.1. The molecule has 1 saturated carbocycles. The Kier molecular flexibility index (Phi) is 5.69. The Balaban J connectivity index is 1.32. The number of carbonyl (C=O) groups excluding carboxylic acids is 1. The molecule has 35 heavy (non-hydrogen) atoms. The number of amides is 1. The second-order valence-electron chi connectivity index (χ2n) is 9.25. The number of aromatic nitrogens is 4. The molecule has 1 aliphatic carbocycles. The van der Waals surface area contributed by atoms with E-state index in [1.165, 1.54) is 31.9 Å². The summed E-state index contributed by atoms with van der Waals surface area (Å²) in [6, 6.07) is 8.24. The fraction of sp³-hybridized carbons (Fsp3) is 0.385. The normalized spacial score (nSPS) is 16.8. The summed E-state index contributed by atoms with van der Waals surface area (Å²) in [7, 11) is 0. The van der Waals surface area contributed by atoms with Crippen molar-refractivity contribution in [1.29, 1.82) is 0 Å². The molecule has 6 rings (SSSR count). The van der Waals surface area contributed by atoms with Gasteiger partial charge in [-0.15, -0.1) is 0 Å². The van der Waals surface area contributed by atoms with Crippen molar-refractivity contribution in [2.24, 2.45) is 0 Å². The van der Waals surface area contributed by atoms with E-state index in [4.69, 9.17) is 14.3 Å². The lowest BCUT2D eigenvalue weighted by Gasteiger charge is -2.30. The van der Waals surface area contributed by atoms with Gasteiger partial charge < -0.3 is 19.4 Å². The van der Waals surface area contributed by atoms with Crippen LogP contribution in [0.2, 0.25) is 0 Å². The Morgan fingerprint density at radius 3 is 2.77 bits per heavy atom. The highest BCUT2D eigenvalue weighted by Gasteiger charge is 2.22. The summed E-state index contributed by atoms with van der Waals surface area (Å²) >= 11 is 0. The molecule has 2 aliphatic rings. The van der Waals surface area contributed by atoms with Crippen molar-refractivity contribution < 1.29 is 13.9 Å². The molecule has 4 heterocycles. The van der Waals surface area contributed by atoms with Crippen LogP contribution in [0.5, 0.6) is 0 Å². The first kappa shape index (κ1) is 21.8. The van der Waals surface area contributed by atoms with Crippen LogP contribution in [0.15, 0.2) is 47.3 Å². The van der Waals surface area contributed by atoms with Crippen LogP contribution in [0.4, 0.5) is 11.4 Å². The van der Waals surface area contributed by atoms with E-state index >= 15 is 0 Å². The van der Waals surface area contributed by atoms with Crippen LogP contribution in [0.25, 0.3) is 22.4 Å². The number of morpholine rings is 1. The van der Waals surface area contributed by atoms with Crippen molar-refractivity contribution in [3.05, 3.63) is 54.3 Å². The highest BCUT2D eigenvalue weighted by Crippen LogP contribution is 2.35. The third-order valence-electron chi connectivity index (χ3n) is 6.82. The van der Waals surface area contributed by atoms with Crippen LogP contribution < -0.4 is 10.2 Å². The van der Waals surface area contributed by atoms with Gasteiger partial charge in [-0.3, -0.25) is 14.5 Å². The second-order valence-corrected chi connectivity index (χ2v) is 9.25. The number of nitrogens with zero attached hydrogens (tertiary/aromatic N) is 5. The van der Waals surface area contributed by atoms with Crippen molar-refractivity contribution in [3.8, 4) is 11.5 Å². The Morgan fingerprint density at radius 2 is 1.97 bits per heavy atom. The van der Waals surface area contributed by atoms with Crippen LogP contribution >= 0.6 is 0 Å². The van der Waals surface area contributed by atoms with Crippen LogP contribution in [0, 0.1) is 6.92 Å². The minimum Gasteiger partial charge on any atom is -0.444 e. The molecule has 0 spiro atoms. The quantitative estimate of drug-likeness (QED) is 0.453. The second kappa shape index (κ2) is 9.14. The SMILES string of the molecule is Cc1cc(-c2nc(C(=O)Nc3cc4cn(C5CCCC5)nc4cc3N3CCOCC3)co2)ccn1. The number of pyridine rings is 1. The van der Waals surface area contributed by atoms with Gasteiger partial charge >= 0.3 is 0 Å². The van der Waals surface area contributed by atoms with Crippen molar-refractivity contribution in [1.82, 2.24) is 19.7 Å². The molecule has 1 aromatic carbocycles. The number of nitrogens with one attached hydrogen (secondary N) is 1. The van der Waals surface area contributed by atoms with Crippen molar-refractivity contribution in [2.45, 2.75) is 38.6 Å². The van der Waals surface area contributed by atoms with Crippen LogP contribution in [-0.2, 0) is 4.74 Å². The molecule has 1 amide bonds. The molecule has 180 valence electrons. The van der Waals surface area contributed by atoms with E-state index in [1.807, 2.05) is 25.1 Å². The topological polar surface area (TPSA) is 98.3 Å². The van der Waals surface area contributed by atoms with Crippen LogP contribution in [0.1, 0.15) is 47.9 Å². The van der Waals surface area contributed by atoms with Gasteiger partial charge in [-0.1, -0.05) is 12.8 Å². The molecule has 1 N–H and O–H groups in total. The zero-order valence-corrected chi connectivity index (χ0v) is 19.7. The average Bonchev–Trinajstić information content (AvgIpc) is 3.64. The van der Waals surface area contributed by atoms with E-state index in [9.17, 15) is 4.79 Å². The summed E-state index contributed by atoms with van der Waals surface area (Å²) in [5.41, 5.74) is 4.48. The number of benzene rings is 1. The van der Waals surface area contributed by atoms with Gasteiger partial charge in [0.15, 0.2) is 5.69 Å². The zero-order chi connectivity index (χ0) is 23.8. The van der Waals surface area contributed by atoms with Gasteiger partial charge in [0.2, 0.25) is 5.89 Å². The Hall–Kier alpha value is -3.72. The van der Waals surface area contributed by atoms with E-state index in [2.05, 4.69) is 37.1 Å². The van der Waals surface area contributed by atoms with Crippen LogP contribution in [0.3, 0.4) is 0 Å². The predicted molar refractivity (Wildman–Crippen MR) is 133 cm³/mol. The maximum absolute atomic E-state index is 13.2. The van der Waals surface area contributed by atoms with Gasteiger partial charge in [0.05, 0.1) is 36.1 Å². The summed E-state index contributed by atoms with van der Waals surface area (Å²) in [5.74, 6) is 0.0742. The molecule has 9 heteroatoms. The highest BCUT2D eigenvalue weighted by molar-refractivity contribution is 6.06. The van der Waals surface area contributed by atoms with Crippen molar-refractivity contribution >= 4 is 28.2 Å². The fourth-order valence-electron chi connectivity index (χ4n) is 4.98. The lowest BCUT2D eigenvalue weighted by Crippen LogP contribution is -2.36. The molecule has 0 bridgehead atoms. The Labute approximate surface area is 203 Å². The number of ether oxygens (including phenoxy) is 1. The third-order valence-corrected chi connectivity index (χ3v) is 6.82. The molecular formula is C26H28N6O3. The Bertz CT molecular complexity index is 1360. The van der Waals surface area contributed by atoms with E-state index in [1.54, 1.807) is 6.20 Å². The molecule has 4 aromatic rings. The van der Waals surface area contributed by atoms with E-state index in [0.29, 0.717) is 25.1 Å².